The Bertz CT molecular complexity index is 1540. The maximum atomic E-state index is 13.0. The van der Waals surface area contributed by atoms with Gasteiger partial charge in [-0.25, -0.2) is 9.59 Å². The summed E-state index contributed by atoms with van der Waals surface area (Å²) in [6.45, 7) is 0.402. The number of ether oxygens (including phenoxy) is 1. The molecular weight excluding hydrogens is 527 g/mol. The molecule has 0 atom stereocenters. The van der Waals surface area contributed by atoms with Gasteiger partial charge in [-0.15, -0.1) is 0 Å². The second kappa shape index (κ2) is 11.3. The number of rotatable bonds is 7. The highest BCUT2D eigenvalue weighted by molar-refractivity contribution is 6.31. The Morgan fingerprint density at radius 2 is 1.61 bits per heavy atom. The van der Waals surface area contributed by atoms with E-state index in [0.717, 1.165) is 12.1 Å². The molecule has 1 aromatic heterocycles. The van der Waals surface area contributed by atoms with Crippen molar-refractivity contribution in [3.05, 3.63) is 99.4 Å². The van der Waals surface area contributed by atoms with Gasteiger partial charge in [0.25, 0.3) is 5.91 Å². The minimum absolute atomic E-state index is 0.0901. The first-order chi connectivity index (χ1) is 18.1. The van der Waals surface area contributed by atoms with Gasteiger partial charge in [0.15, 0.2) is 0 Å². The molecule has 3 aromatic carbocycles. The van der Waals surface area contributed by atoms with Crippen molar-refractivity contribution in [2.75, 3.05) is 23.8 Å². The van der Waals surface area contributed by atoms with Crippen molar-refractivity contribution in [3.63, 3.8) is 0 Å². The first kappa shape index (κ1) is 26.6. The number of alkyl halides is 3. The van der Waals surface area contributed by atoms with Crippen LogP contribution >= 0.6 is 11.6 Å². The lowest BCUT2D eigenvalue weighted by Crippen LogP contribution is -2.28. The molecule has 4 aromatic rings. The molecule has 12 heteroatoms. The number of carbonyl (C=O) groups excluding carboxylic acids is 2. The number of fused-ring (bicyclic) bond motifs is 1. The van der Waals surface area contributed by atoms with Gasteiger partial charge < -0.3 is 25.1 Å². The lowest BCUT2D eigenvalue weighted by Gasteiger charge is -2.12. The van der Waals surface area contributed by atoms with Gasteiger partial charge in [0, 0.05) is 28.4 Å². The summed E-state index contributed by atoms with van der Waals surface area (Å²) in [4.78, 5) is 35.8. The highest BCUT2D eigenvalue weighted by Gasteiger charge is 2.33. The Hall–Kier alpha value is -4.51. The van der Waals surface area contributed by atoms with Crippen LogP contribution in [0.4, 0.5) is 29.3 Å². The average molecular weight is 546 g/mol. The molecule has 8 nitrogen and oxygen atoms in total. The maximum absolute atomic E-state index is 13.0. The third-order valence-corrected chi connectivity index (χ3v) is 5.51. The van der Waals surface area contributed by atoms with E-state index in [1.54, 1.807) is 24.3 Å². The van der Waals surface area contributed by atoms with Gasteiger partial charge >= 0.3 is 17.8 Å². The molecule has 0 bridgehead atoms. The normalized spacial score (nSPS) is 11.2. The summed E-state index contributed by atoms with van der Waals surface area (Å²) in [5.74, 6) is 0.174. The number of hydrogen-bond acceptors (Lipinski definition) is 5. The van der Waals surface area contributed by atoms with E-state index in [2.05, 4.69) is 16.0 Å². The molecule has 0 fully saturated rings. The Morgan fingerprint density at radius 1 is 0.895 bits per heavy atom. The summed E-state index contributed by atoms with van der Waals surface area (Å²) >= 11 is 5.58. The van der Waals surface area contributed by atoms with Gasteiger partial charge in [-0.3, -0.25) is 4.79 Å². The summed E-state index contributed by atoms with van der Waals surface area (Å²) in [5, 5.41) is 7.71. The van der Waals surface area contributed by atoms with Crippen LogP contribution in [0.5, 0.6) is 5.75 Å². The van der Waals surface area contributed by atoms with Gasteiger partial charge in [-0.2, -0.15) is 13.2 Å². The number of amides is 3. The van der Waals surface area contributed by atoms with Crippen LogP contribution in [-0.4, -0.2) is 25.1 Å². The molecule has 196 valence electrons. The lowest BCUT2D eigenvalue weighted by atomic mass is 10.2. The number of hydrogen-bond donors (Lipinski definition) is 3. The molecule has 3 N–H and O–H groups in total. The number of urea groups is 1. The molecule has 0 radical (unpaired) electrons. The predicted octanol–water partition coefficient (Wildman–Crippen LogP) is 5.92. The summed E-state index contributed by atoms with van der Waals surface area (Å²) in [7, 11) is 0. The monoisotopic (exact) mass is 545 g/mol. The zero-order valence-electron chi connectivity index (χ0n) is 19.4. The van der Waals surface area contributed by atoms with Crippen molar-refractivity contribution in [2.45, 2.75) is 6.18 Å². The van der Waals surface area contributed by atoms with Gasteiger partial charge in [0.2, 0.25) is 0 Å². The lowest BCUT2D eigenvalue weighted by molar-refractivity contribution is -0.137. The van der Waals surface area contributed by atoms with Crippen molar-refractivity contribution in [3.8, 4) is 5.75 Å². The zero-order chi connectivity index (χ0) is 27.3. The highest BCUT2D eigenvalue weighted by atomic mass is 35.5. The summed E-state index contributed by atoms with van der Waals surface area (Å²) in [6.07, 6.45) is -4.66. The molecule has 3 amide bonds. The summed E-state index contributed by atoms with van der Waals surface area (Å²) in [5.41, 5.74) is -0.516. The van der Waals surface area contributed by atoms with Crippen molar-refractivity contribution in [2.24, 2.45) is 0 Å². The van der Waals surface area contributed by atoms with Gasteiger partial charge in [-0.05, 0) is 66.7 Å². The molecule has 0 aliphatic carbocycles. The Balaban J connectivity index is 1.25. The van der Waals surface area contributed by atoms with Crippen molar-refractivity contribution >= 4 is 45.9 Å². The minimum atomic E-state index is -4.66. The fourth-order valence-electron chi connectivity index (χ4n) is 3.39. The van der Waals surface area contributed by atoms with Crippen LogP contribution in [0, 0.1) is 0 Å². The number of halogens is 4. The van der Waals surface area contributed by atoms with Crippen LogP contribution in [0.2, 0.25) is 5.02 Å². The fourth-order valence-corrected chi connectivity index (χ4v) is 3.62. The molecule has 38 heavy (non-hydrogen) atoms. The fraction of sp³-hybridized carbons (Fsp3) is 0.115. The first-order valence-electron chi connectivity index (χ1n) is 11.1. The summed E-state index contributed by atoms with van der Waals surface area (Å²) in [6, 6.07) is 16.1. The van der Waals surface area contributed by atoms with Crippen LogP contribution in [0.25, 0.3) is 11.0 Å². The van der Waals surface area contributed by atoms with E-state index in [-0.39, 0.29) is 24.7 Å². The van der Waals surface area contributed by atoms with Crippen LogP contribution in [-0.2, 0) is 6.18 Å². The largest absolute Gasteiger partial charge is 0.492 e. The topological polar surface area (TPSA) is 110 Å². The molecule has 4 rings (SSSR count). The SMILES string of the molecule is O=C(Nc1ccc(C(=O)NCCOc2ccc3oc(=O)ccc3c2)cc1)Nc1ccc(Cl)c(C(F)(F)F)c1. The van der Waals surface area contributed by atoms with E-state index < -0.39 is 28.4 Å². The Kier molecular flexibility index (Phi) is 7.87. The average Bonchev–Trinajstić information content (AvgIpc) is 2.87. The number of benzene rings is 3. The second-order valence-corrected chi connectivity index (χ2v) is 8.31. The molecule has 0 saturated carbocycles. The van der Waals surface area contributed by atoms with E-state index in [1.807, 2.05) is 0 Å². The van der Waals surface area contributed by atoms with Gasteiger partial charge in [0.1, 0.15) is 17.9 Å². The van der Waals surface area contributed by atoms with Gasteiger partial charge in [0.05, 0.1) is 17.1 Å². The quantitative estimate of drug-likeness (QED) is 0.197. The predicted molar refractivity (Wildman–Crippen MR) is 136 cm³/mol. The van der Waals surface area contributed by atoms with E-state index in [0.29, 0.717) is 28.0 Å². The van der Waals surface area contributed by atoms with Crippen LogP contribution < -0.4 is 26.3 Å². The van der Waals surface area contributed by atoms with Crippen molar-refractivity contribution in [1.29, 1.82) is 0 Å². The molecule has 0 aliphatic rings. The molecular formula is C26H19ClF3N3O5. The standard InChI is InChI=1S/C26H19ClF3N3O5/c27-21-8-6-18(14-20(21)26(28,29)30)33-25(36)32-17-4-1-15(2-5-17)24(35)31-11-12-37-19-7-9-22-16(13-19)3-10-23(34)38-22/h1-10,13-14H,11-12H2,(H,31,35)(H2,32,33,36). The molecule has 0 spiro atoms. The van der Waals surface area contributed by atoms with Crippen LogP contribution in [0.15, 0.2) is 82.0 Å². The molecule has 0 unspecified atom stereocenters. The van der Waals surface area contributed by atoms with E-state index in [9.17, 15) is 27.6 Å². The van der Waals surface area contributed by atoms with Crippen molar-refractivity contribution < 1.29 is 31.9 Å². The van der Waals surface area contributed by atoms with Crippen LogP contribution in [0.3, 0.4) is 0 Å². The number of carbonyl (C=O) groups is 2. The minimum Gasteiger partial charge on any atom is -0.492 e. The van der Waals surface area contributed by atoms with E-state index >= 15 is 0 Å². The van der Waals surface area contributed by atoms with Crippen LogP contribution in [0.1, 0.15) is 15.9 Å². The van der Waals surface area contributed by atoms with Gasteiger partial charge in [-0.1, -0.05) is 11.6 Å². The summed E-state index contributed by atoms with van der Waals surface area (Å²) < 4.78 is 49.6. The highest BCUT2D eigenvalue weighted by Crippen LogP contribution is 2.36. The number of anilines is 2. The molecule has 1 heterocycles. The maximum Gasteiger partial charge on any atom is 0.417 e. The molecule has 0 aliphatic heterocycles. The smallest absolute Gasteiger partial charge is 0.417 e. The number of nitrogens with one attached hydrogen (secondary N) is 3. The zero-order valence-corrected chi connectivity index (χ0v) is 20.2. The van der Waals surface area contributed by atoms with E-state index in [4.69, 9.17) is 20.8 Å². The Morgan fingerprint density at radius 3 is 2.34 bits per heavy atom. The third kappa shape index (κ3) is 6.83. The first-order valence-corrected chi connectivity index (χ1v) is 11.5. The van der Waals surface area contributed by atoms with Crippen molar-refractivity contribution in [1.82, 2.24) is 5.32 Å². The Labute approximate surface area is 218 Å². The second-order valence-electron chi connectivity index (χ2n) is 7.91. The molecule has 0 saturated heterocycles. The van der Waals surface area contributed by atoms with E-state index in [1.165, 1.54) is 36.4 Å². The third-order valence-electron chi connectivity index (χ3n) is 5.18.